The van der Waals surface area contributed by atoms with Crippen molar-refractivity contribution in [2.75, 3.05) is 20.8 Å². The molecular formula is C36H40N2O8. The molecule has 3 aromatic carbocycles. The van der Waals surface area contributed by atoms with Crippen molar-refractivity contribution >= 4 is 5.78 Å². The van der Waals surface area contributed by atoms with Gasteiger partial charge in [0.15, 0.2) is 11.4 Å². The number of benzene rings is 3. The second-order valence-electron chi connectivity index (χ2n) is 12.6. The Morgan fingerprint density at radius 3 is 1.93 bits per heavy atom. The lowest BCUT2D eigenvalue weighted by atomic mass is 9.76. The van der Waals surface area contributed by atoms with Crippen LogP contribution in [0.2, 0.25) is 0 Å². The van der Waals surface area contributed by atoms with E-state index < -0.39 is 46.0 Å². The van der Waals surface area contributed by atoms with Crippen LogP contribution >= 0.6 is 0 Å². The smallest absolute Gasteiger partial charge is 0.330 e. The lowest BCUT2D eigenvalue weighted by Gasteiger charge is -2.39. The number of nitrogens with one attached hydrogen (secondary N) is 1. The summed E-state index contributed by atoms with van der Waals surface area (Å²) in [4.78, 5) is 41.1. The topological polar surface area (TPSA) is 129 Å². The maximum Gasteiger partial charge on any atom is 0.330 e. The largest absolute Gasteiger partial charge is 0.497 e. The fourth-order valence-electron chi connectivity index (χ4n) is 6.05. The van der Waals surface area contributed by atoms with Crippen molar-refractivity contribution in [3.05, 3.63) is 128 Å². The van der Waals surface area contributed by atoms with Crippen molar-refractivity contribution < 1.29 is 28.8 Å². The van der Waals surface area contributed by atoms with Crippen molar-refractivity contribution in [2.45, 2.75) is 57.6 Å². The average molecular weight is 629 g/mol. The van der Waals surface area contributed by atoms with Crippen molar-refractivity contribution in [3.63, 3.8) is 0 Å². The van der Waals surface area contributed by atoms with Crippen LogP contribution in [-0.2, 0) is 19.9 Å². The predicted octanol–water partition coefficient (Wildman–Crippen LogP) is 4.50. The highest BCUT2D eigenvalue weighted by atomic mass is 16.6. The molecule has 0 bridgehead atoms. The van der Waals surface area contributed by atoms with Gasteiger partial charge in [0.2, 0.25) is 0 Å². The Bertz CT molecular complexity index is 1740. The number of carbonyl (C=O) groups is 1. The number of carbonyl (C=O) groups excluding carboxylic acids is 1. The summed E-state index contributed by atoms with van der Waals surface area (Å²) >= 11 is 0. The molecule has 1 saturated heterocycles. The summed E-state index contributed by atoms with van der Waals surface area (Å²) in [5.41, 5.74) is -2.83. The summed E-state index contributed by atoms with van der Waals surface area (Å²) < 4.78 is 25.4. The third-order valence-electron chi connectivity index (χ3n) is 8.49. The second kappa shape index (κ2) is 12.7. The number of aromatic nitrogens is 2. The minimum absolute atomic E-state index is 0.216. The lowest BCUT2D eigenvalue weighted by molar-refractivity contribution is -0.160. The molecule has 0 aliphatic carbocycles. The second-order valence-corrected chi connectivity index (χ2v) is 12.6. The summed E-state index contributed by atoms with van der Waals surface area (Å²) in [7, 11) is 3.19. The molecule has 0 spiro atoms. The molecule has 3 atom stereocenters. The van der Waals surface area contributed by atoms with E-state index in [9.17, 15) is 19.5 Å². The average Bonchev–Trinajstić information content (AvgIpc) is 3.39. The highest BCUT2D eigenvalue weighted by molar-refractivity contribution is 5.92. The Balaban J connectivity index is 1.65. The molecule has 1 fully saturated rings. The Kier molecular flexibility index (Phi) is 9.08. The van der Waals surface area contributed by atoms with Crippen LogP contribution in [0.1, 0.15) is 55.7 Å². The van der Waals surface area contributed by atoms with E-state index in [1.165, 1.54) is 10.8 Å². The maximum absolute atomic E-state index is 13.9. The third kappa shape index (κ3) is 6.03. The van der Waals surface area contributed by atoms with Gasteiger partial charge in [0.25, 0.3) is 5.56 Å². The van der Waals surface area contributed by atoms with Crippen molar-refractivity contribution in [1.82, 2.24) is 9.55 Å². The fourth-order valence-corrected chi connectivity index (χ4v) is 6.05. The zero-order valence-corrected chi connectivity index (χ0v) is 26.9. The number of Topliss-reactive ketones (excluding diaryl/α,β-unsaturated/α-hetero) is 1. The number of ketones is 1. The third-order valence-corrected chi connectivity index (χ3v) is 8.49. The Morgan fingerprint density at radius 2 is 1.43 bits per heavy atom. The number of nitrogens with zero attached hydrogens (tertiary/aromatic N) is 1. The number of H-pyrrole nitrogens is 1. The molecule has 46 heavy (non-hydrogen) atoms. The van der Waals surface area contributed by atoms with E-state index in [2.05, 4.69) is 4.98 Å². The highest BCUT2D eigenvalue weighted by Crippen LogP contribution is 2.45. The maximum atomic E-state index is 13.9. The SMILES string of the molecule is COc1ccc(C(OC[C@H]2O[C@@H](n3cc(C)c(=O)[nH]c3=O)C[C@]2(O)C(=O)C(C)(C)C)(c2ccccc2)c2ccc(OC)cc2)cc1. The number of aliphatic hydroxyl groups is 1. The van der Waals surface area contributed by atoms with E-state index in [4.69, 9.17) is 18.9 Å². The number of rotatable bonds is 10. The first-order valence-electron chi connectivity index (χ1n) is 15.1. The van der Waals surface area contributed by atoms with Gasteiger partial charge in [0.05, 0.1) is 20.8 Å². The molecule has 0 unspecified atom stereocenters. The number of hydrogen-bond donors (Lipinski definition) is 2. The molecule has 1 aliphatic rings. The Morgan fingerprint density at radius 1 is 0.913 bits per heavy atom. The van der Waals surface area contributed by atoms with E-state index in [0.717, 1.165) is 16.7 Å². The summed E-state index contributed by atoms with van der Waals surface area (Å²) in [6.07, 6.45) is -1.06. The lowest BCUT2D eigenvalue weighted by Crippen LogP contribution is -2.53. The molecule has 2 N–H and O–H groups in total. The quantitative estimate of drug-likeness (QED) is 0.246. The Labute approximate surface area is 267 Å². The molecule has 10 nitrogen and oxygen atoms in total. The standard InChI is InChI=1S/C36H40N2O8/c1-23-21-38(33(41)37-31(23)39)30-20-35(42,32(40)34(2,3)4)29(46-30)22-45-36(24-10-8-7-9-11-24,25-12-16-27(43-5)17-13-25)26-14-18-28(44-6)19-15-26/h7-19,21,29-30,42H,20,22H2,1-6H3,(H,37,39,41)/t29-,30-,35-/m1/s1. The Hall–Kier alpha value is -4.51. The van der Waals surface area contributed by atoms with Crippen LogP contribution in [0.5, 0.6) is 11.5 Å². The van der Waals surface area contributed by atoms with Gasteiger partial charge in [-0.1, -0.05) is 75.4 Å². The summed E-state index contributed by atoms with van der Waals surface area (Å²) in [5, 5.41) is 12.2. The van der Waals surface area contributed by atoms with E-state index >= 15 is 0 Å². The summed E-state index contributed by atoms with van der Waals surface area (Å²) in [6, 6.07) is 24.6. The van der Waals surface area contributed by atoms with E-state index in [1.54, 1.807) is 41.9 Å². The van der Waals surface area contributed by atoms with Crippen molar-refractivity contribution in [1.29, 1.82) is 0 Å². The summed E-state index contributed by atoms with van der Waals surface area (Å²) in [6.45, 7) is 6.49. The number of aryl methyl sites for hydroxylation is 1. The zero-order chi connectivity index (χ0) is 33.3. The van der Waals surface area contributed by atoms with Gasteiger partial charge in [0.1, 0.15) is 29.4 Å². The first-order valence-corrected chi connectivity index (χ1v) is 15.1. The first kappa shape index (κ1) is 32.9. The van der Waals surface area contributed by atoms with Crippen LogP contribution in [0.4, 0.5) is 0 Å². The summed E-state index contributed by atoms with van der Waals surface area (Å²) in [5.74, 6) is 0.868. The molecule has 10 heteroatoms. The number of hydrogen-bond acceptors (Lipinski definition) is 8. The molecule has 0 amide bonds. The van der Waals surface area contributed by atoms with Crippen LogP contribution in [-0.4, -0.2) is 53.0 Å². The first-order chi connectivity index (χ1) is 21.8. The molecule has 0 saturated carbocycles. The molecular weight excluding hydrogens is 588 g/mol. The fraction of sp³-hybridized carbons (Fsp3) is 0.361. The van der Waals surface area contributed by atoms with E-state index in [0.29, 0.717) is 11.5 Å². The normalized spacial score (nSPS) is 20.0. The zero-order valence-electron chi connectivity index (χ0n) is 26.9. The number of ether oxygens (including phenoxy) is 4. The van der Waals surface area contributed by atoms with E-state index in [1.807, 2.05) is 78.9 Å². The van der Waals surface area contributed by atoms with Gasteiger partial charge in [-0.15, -0.1) is 0 Å². The molecule has 1 aliphatic heterocycles. The van der Waals surface area contributed by atoms with Gasteiger partial charge < -0.3 is 24.1 Å². The van der Waals surface area contributed by atoms with Gasteiger partial charge in [-0.3, -0.25) is 19.1 Å². The van der Waals surface area contributed by atoms with Crippen LogP contribution in [0.15, 0.2) is 94.6 Å². The molecule has 4 aromatic rings. The molecule has 5 rings (SSSR count). The van der Waals surface area contributed by atoms with Crippen molar-refractivity contribution in [3.8, 4) is 11.5 Å². The van der Waals surface area contributed by atoms with Crippen LogP contribution < -0.4 is 20.7 Å². The van der Waals surface area contributed by atoms with Gasteiger partial charge in [-0.2, -0.15) is 0 Å². The van der Waals surface area contributed by atoms with Crippen molar-refractivity contribution in [2.24, 2.45) is 5.41 Å². The van der Waals surface area contributed by atoms with Gasteiger partial charge in [0, 0.05) is 23.6 Å². The van der Waals surface area contributed by atoms with E-state index in [-0.39, 0.29) is 18.6 Å². The minimum Gasteiger partial charge on any atom is -0.497 e. The van der Waals surface area contributed by atoms with Gasteiger partial charge >= 0.3 is 5.69 Å². The van der Waals surface area contributed by atoms with Crippen LogP contribution in [0.25, 0.3) is 0 Å². The molecule has 2 heterocycles. The van der Waals surface area contributed by atoms with Gasteiger partial charge in [-0.05, 0) is 47.9 Å². The highest BCUT2D eigenvalue weighted by Gasteiger charge is 2.57. The molecule has 242 valence electrons. The van der Waals surface area contributed by atoms with Crippen LogP contribution in [0, 0.1) is 12.3 Å². The molecule has 0 radical (unpaired) electrons. The minimum atomic E-state index is -2.02. The number of methoxy groups -OCH3 is 2. The monoisotopic (exact) mass is 628 g/mol. The number of aromatic amines is 1. The van der Waals surface area contributed by atoms with Crippen LogP contribution in [0.3, 0.4) is 0 Å². The molecule has 1 aromatic heterocycles. The van der Waals surface area contributed by atoms with Gasteiger partial charge in [-0.25, -0.2) is 4.79 Å². The predicted molar refractivity (Wildman–Crippen MR) is 172 cm³/mol.